The van der Waals surface area contributed by atoms with Crippen molar-refractivity contribution in [1.29, 1.82) is 0 Å². The molecule has 18 heavy (non-hydrogen) atoms. The smallest absolute Gasteiger partial charge is 0.303 e. The van der Waals surface area contributed by atoms with Crippen molar-refractivity contribution < 1.29 is 9.90 Å². The zero-order valence-corrected chi connectivity index (χ0v) is 11.0. The highest BCUT2D eigenvalue weighted by atomic mass is 32.1. The van der Waals surface area contributed by atoms with Gasteiger partial charge in [-0.25, -0.2) is 4.98 Å². The first-order chi connectivity index (χ1) is 8.65. The maximum absolute atomic E-state index is 10.5. The number of nitrogens with zero attached hydrogens (tertiary/aromatic N) is 1. The standard InChI is InChI=1S/C13H16N2O2S/c1-9(6-7-12(16)17)8-14-13-15-10-4-2-3-5-11(10)18-13/h2-5,9H,6-8H2,1H3,(H,14,15)(H,16,17). The van der Waals surface area contributed by atoms with Crippen LogP contribution >= 0.6 is 11.3 Å². The fourth-order valence-electron chi connectivity index (χ4n) is 1.68. The molecule has 2 rings (SSSR count). The first-order valence-electron chi connectivity index (χ1n) is 5.96. The monoisotopic (exact) mass is 264 g/mol. The highest BCUT2D eigenvalue weighted by Crippen LogP contribution is 2.25. The highest BCUT2D eigenvalue weighted by Gasteiger charge is 2.07. The Morgan fingerprint density at radius 2 is 2.28 bits per heavy atom. The van der Waals surface area contributed by atoms with Gasteiger partial charge in [-0.15, -0.1) is 0 Å². The maximum atomic E-state index is 10.5. The summed E-state index contributed by atoms with van der Waals surface area (Å²) in [6.07, 6.45) is 0.913. The maximum Gasteiger partial charge on any atom is 0.303 e. The van der Waals surface area contributed by atoms with Crippen LogP contribution in [0.1, 0.15) is 19.8 Å². The van der Waals surface area contributed by atoms with Crippen LogP contribution in [0.25, 0.3) is 10.2 Å². The Labute approximate surface area is 110 Å². The zero-order valence-electron chi connectivity index (χ0n) is 10.2. The van der Waals surface area contributed by atoms with Crippen LogP contribution in [0.4, 0.5) is 5.13 Å². The van der Waals surface area contributed by atoms with E-state index in [-0.39, 0.29) is 6.42 Å². The third-order valence-electron chi connectivity index (χ3n) is 2.75. The summed E-state index contributed by atoms with van der Waals surface area (Å²) < 4.78 is 1.16. The summed E-state index contributed by atoms with van der Waals surface area (Å²) >= 11 is 1.63. The minimum atomic E-state index is -0.734. The summed E-state index contributed by atoms with van der Waals surface area (Å²) in [5, 5.41) is 12.8. The summed E-state index contributed by atoms with van der Waals surface area (Å²) in [5.41, 5.74) is 1.00. The SMILES string of the molecule is CC(CCC(=O)O)CNc1nc2ccccc2s1. The van der Waals surface area contributed by atoms with E-state index in [1.54, 1.807) is 11.3 Å². The van der Waals surface area contributed by atoms with Crippen LogP contribution in [0.3, 0.4) is 0 Å². The topological polar surface area (TPSA) is 62.2 Å². The van der Waals surface area contributed by atoms with Crippen molar-refractivity contribution in [2.75, 3.05) is 11.9 Å². The van der Waals surface area contributed by atoms with Crippen molar-refractivity contribution in [2.24, 2.45) is 5.92 Å². The Balaban J connectivity index is 1.87. The first-order valence-corrected chi connectivity index (χ1v) is 6.78. The molecular weight excluding hydrogens is 248 g/mol. The lowest BCUT2D eigenvalue weighted by molar-refractivity contribution is -0.137. The van der Waals surface area contributed by atoms with Crippen LogP contribution in [-0.2, 0) is 4.79 Å². The van der Waals surface area contributed by atoms with Crippen LogP contribution < -0.4 is 5.32 Å². The number of carbonyl (C=O) groups is 1. The molecule has 0 radical (unpaired) electrons. The number of hydrogen-bond acceptors (Lipinski definition) is 4. The van der Waals surface area contributed by atoms with E-state index in [0.29, 0.717) is 12.3 Å². The molecule has 5 heteroatoms. The van der Waals surface area contributed by atoms with Crippen molar-refractivity contribution in [1.82, 2.24) is 4.98 Å². The van der Waals surface area contributed by atoms with Crippen LogP contribution in [0.15, 0.2) is 24.3 Å². The lowest BCUT2D eigenvalue weighted by atomic mass is 10.1. The van der Waals surface area contributed by atoms with Gasteiger partial charge in [-0.2, -0.15) is 0 Å². The molecular formula is C13H16N2O2S. The second kappa shape index (κ2) is 5.82. The number of para-hydroxylation sites is 1. The molecule has 4 nitrogen and oxygen atoms in total. The van der Waals surface area contributed by atoms with Gasteiger partial charge >= 0.3 is 5.97 Å². The normalized spacial score (nSPS) is 12.5. The minimum absolute atomic E-state index is 0.225. The third-order valence-corrected chi connectivity index (χ3v) is 3.74. The zero-order chi connectivity index (χ0) is 13.0. The van der Waals surface area contributed by atoms with Gasteiger partial charge in [-0.3, -0.25) is 4.79 Å². The van der Waals surface area contributed by atoms with E-state index in [2.05, 4.69) is 10.3 Å². The number of fused-ring (bicyclic) bond motifs is 1. The summed E-state index contributed by atoms with van der Waals surface area (Å²) in [5.74, 6) is -0.407. The van der Waals surface area contributed by atoms with Crippen molar-refractivity contribution in [3.8, 4) is 0 Å². The number of anilines is 1. The largest absolute Gasteiger partial charge is 0.481 e. The van der Waals surface area contributed by atoms with E-state index in [0.717, 1.165) is 21.9 Å². The lowest BCUT2D eigenvalue weighted by Gasteiger charge is -2.09. The van der Waals surface area contributed by atoms with Gasteiger partial charge in [0.05, 0.1) is 10.2 Å². The van der Waals surface area contributed by atoms with Crippen LogP contribution in [0.5, 0.6) is 0 Å². The molecule has 2 N–H and O–H groups in total. The van der Waals surface area contributed by atoms with E-state index in [4.69, 9.17) is 5.11 Å². The summed E-state index contributed by atoms with van der Waals surface area (Å²) in [7, 11) is 0. The van der Waals surface area contributed by atoms with E-state index in [9.17, 15) is 4.79 Å². The average Bonchev–Trinajstić information content (AvgIpc) is 2.76. The van der Waals surface area contributed by atoms with E-state index < -0.39 is 5.97 Å². The van der Waals surface area contributed by atoms with Crippen molar-refractivity contribution in [3.63, 3.8) is 0 Å². The highest BCUT2D eigenvalue weighted by molar-refractivity contribution is 7.22. The van der Waals surface area contributed by atoms with Gasteiger partial charge in [-0.1, -0.05) is 30.4 Å². The molecule has 0 saturated carbocycles. The third kappa shape index (κ3) is 3.43. The molecule has 1 heterocycles. The second-order valence-corrected chi connectivity index (χ2v) is 5.44. The molecule has 0 saturated heterocycles. The molecule has 0 aliphatic heterocycles. The summed E-state index contributed by atoms with van der Waals surface area (Å²) in [4.78, 5) is 14.9. The molecule has 1 atom stereocenters. The Morgan fingerprint density at radius 3 is 3.00 bits per heavy atom. The van der Waals surface area contributed by atoms with Gasteiger partial charge in [-0.05, 0) is 24.5 Å². The van der Waals surface area contributed by atoms with Crippen molar-refractivity contribution >= 4 is 32.7 Å². The van der Waals surface area contributed by atoms with Crippen LogP contribution in [0, 0.1) is 5.92 Å². The van der Waals surface area contributed by atoms with E-state index >= 15 is 0 Å². The molecule has 1 aromatic heterocycles. The molecule has 2 aromatic rings. The number of aliphatic carboxylic acids is 1. The van der Waals surface area contributed by atoms with E-state index in [1.165, 1.54) is 0 Å². The number of nitrogens with one attached hydrogen (secondary N) is 1. The summed E-state index contributed by atoms with van der Waals surface area (Å²) in [6, 6.07) is 8.01. The first kappa shape index (κ1) is 12.8. The predicted octanol–water partition coefficient (Wildman–Crippen LogP) is 3.21. The molecule has 0 aliphatic carbocycles. The number of aromatic nitrogens is 1. The van der Waals surface area contributed by atoms with Crippen molar-refractivity contribution in [3.05, 3.63) is 24.3 Å². The quantitative estimate of drug-likeness (QED) is 0.841. The molecule has 1 unspecified atom stereocenters. The fourth-order valence-corrected chi connectivity index (χ4v) is 2.55. The number of hydrogen-bond donors (Lipinski definition) is 2. The van der Waals surface area contributed by atoms with Gasteiger partial charge in [0.25, 0.3) is 0 Å². The number of carboxylic acids is 1. The molecule has 0 spiro atoms. The van der Waals surface area contributed by atoms with Gasteiger partial charge in [0.2, 0.25) is 0 Å². The Hall–Kier alpha value is -1.62. The number of benzene rings is 1. The Kier molecular flexibility index (Phi) is 4.15. The minimum Gasteiger partial charge on any atom is -0.481 e. The average molecular weight is 264 g/mol. The van der Waals surface area contributed by atoms with Gasteiger partial charge in [0, 0.05) is 13.0 Å². The molecule has 96 valence electrons. The summed E-state index contributed by atoms with van der Waals surface area (Å²) in [6.45, 7) is 2.80. The van der Waals surface area contributed by atoms with Crippen molar-refractivity contribution in [2.45, 2.75) is 19.8 Å². The van der Waals surface area contributed by atoms with Gasteiger partial charge in [0.15, 0.2) is 5.13 Å². The Morgan fingerprint density at radius 1 is 1.50 bits per heavy atom. The molecule has 0 aliphatic rings. The fraction of sp³-hybridized carbons (Fsp3) is 0.385. The second-order valence-electron chi connectivity index (χ2n) is 4.41. The number of carboxylic acid groups (broad SMARTS) is 1. The molecule has 0 bridgehead atoms. The lowest BCUT2D eigenvalue weighted by Crippen LogP contribution is -2.12. The number of rotatable bonds is 6. The molecule has 0 amide bonds. The predicted molar refractivity (Wildman–Crippen MR) is 74.1 cm³/mol. The van der Waals surface area contributed by atoms with Gasteiger partial charge in [0.1, 0.15) is 0 Å². The van der Waals surface area contributed by atoms with E-state index in [1.807, 2.05) is 31.2 Å². The Bertz CT molecular complexity index is 506. The van der Waals surface area contributed by atoms with Gasteiger partial charge < -0.3 is 10.4 Å². The van der Waals surface area contributed by atoms with Crippen LogP contribution in [-0.4, -0.2) is 22.6 Å². The van der Waals surface area contributed by atoms with Crippen LogP contribution in [0.2, 0.25) is 0 Å². The molecule has 1 aromatic carbocycles. The number of thiazole rings is 1. The molecule has 0 fully saturated rings.